The summed E-state index contributed by atoms with van der Waals surface area (Å²) in [5.74, 6) is -2.06. The molecule has 11 heteroatoms. The predicted octanol–water partition coefficient (Wildman–Crippen LogP) is 3.86. The number of aryl methyl sites for hydroxylation is 1. The summed E-state index contributed by atoms with van der Waals surface area (Å²) in [6, 6.07) is 17.5. The first kappa shape index (κ1) is 22.2. The van der Waals surface area contributed by atoms with E-state index in [9.17, 15) is 29.8 Å². The molecule has 35 heavy (non-hydrogen) atoms. The molecule has 2 saturated heterocycles. The molecule has 3 aromatic carbocycles. The second kappa shape index (κ2) is 8.29. The Kier molecular flexibility index (Phi) is 5.25. The van der Waals surface area contributed by atoms with Crippen LogP contribution in [0.1, 0.15) is 17.2 Å². The van der Waals surface area contributed by atoms with E-state index in [4.69, 9.17) is 4.84 Å². The van der Waals surface area contributed by atoms with E-state index in [1.54, 1.807) is 6.07 Å². The minimum Gasteiger partial charge on any atom is -0.273 e. The predicted molar refractivity (Wildman–Crippen MR) is 123 cm³/mol. The fraction of sp³-hybridized carbons (Fsp3) is 0.167. The Labute approximate surface area is 198 Å². The fourth-order valence-electron chi connectivity index (χ4n) is 4.46. The topological polar surface area (TPSA) is 136 Å². The average molecular weight is 474 g/mol. The standard InChI is InChI=1S/C24H18N4O7/c1-14-5-7-15(8-6-14)21-20-22(35-26(21)18-3-2-4-19(13-18)28(33)34)24(30)25(23(20)29)16-9-11-17(12-10-16)27(31)32/h2-13,20-22H,1H3/t20-,21-,22-/m1/s1. The van der Waals surface area contributed by atoms with Gasteiger partial charge in [-0.25, -0.2) is 9.96 Å². The summed E-state index contributed by atoms with van der Waals surface area (Å²) in [6.45, 7) is 1.91. The van der Waals surface area contributed by atoms with Crippen molar-refractivity contribution in [3.8, 4) is 0 Å². The molecule has 0 bridgehead atoms. The normalized spacial score (nSPS) is 21.3. The molecule has 3 atom stereocenters. The second-order valence-electron chi connectivity index (χ2n) is 8.30. The Balaban J connectivity index is 1.56. The molecule has 2 heterocycles. The molecule has 11 nitrogen and oxygen atoms in total. The number of fused-ring (bicyclic) bond motifs is 1. The fourth-order valence-corrected chi connectivity index (χ4v) is 4.46. The number of nitrogens with zero attached hydrogens (tertiary/aromatic N) is 4. The summed E-state index contributed by atoms with van der Waals surface area (Å²) in [5.41, 5.74) is 1.90. The van der Waals surface area contributed by atoms with Gasteiger partial charge in [0, 0.05) is 24.3 Å². The van der Waals surface area contributed by atoms with Crippen LogP contribution in [0.25, 0.3) is 0 Å². The van der Waals surface area contributed by atoms with Crippen LogP contribution in [0.4, 0.5) is 22.7 Å². The maximum absolute atomic E-state index is 13.6. The lowest BCUT2D eigenvalue weighted by atomic mass is 9.90. The molecule has 2 fully saturated rings. The van der Waals surface area contributed by atoms with Crippen molar-refractivity contribution in [1.82, 2.24) is 0 Å². The third kappa shape index (κ3) is 3.67. The lowest BCUT2D eigenvalue weighted by Crippen LogP contribution is -2.37. The Hall–Kier alpha value is -4.64. The molecule has 0 spiro atoms. The Bertz CT molecular complexity index is 1360. The monoisotopic (exact) mass is 474 g/mol. The first-order valence-corrected chi connectivity index (χ1v) is 10.7. The second-order valence-corrected chi connectivity index (χ2v) is 8.30. The number of amides is 2. The number of carbonyl (C=O) groups is 2. The number of imide groups is 1. The van der Waals surface area contributed by atoms with Crippen LogP contribution in [-0.2, 0) is 14.4 Å². The van der Waals surface area contributed by atoms with E-state index in [0.29, 0.717) is 11.3 Å². The van der Waals surface area contributed by atoms with E-state index in [0.717, 1.165) is 10.5 Å². The number of hydroxylamine groups is 1. The molecule has 2 aliphatic heterocycles. The summed E-state index contributed by atoms with van der Waals surface area (Å²) in [7, 11) is 0. The van der Waals surface area contributed by atoms with Crippen molar-refractivity contribution in [2.75, 3.05) is 9.96 Å². The summed E-state index contributed by atoms with van der Waals surface area (Å²) in [5, 5.41) is 23.7. The van der Waals surface area contributed by atoms with Gasteiger partial charge in [-0.1, -0.05) is 35.9 Å². The molecule has 0 N–H and O–H groups in total. The number of anilines is 2. The van der Waals surface area contributed by atoms with Crippen LogP contribution >= 0.6 is 0 Å². The van der Waals surface area contributed by atoms with Crippen LogP contribution in [0.2, 0.25) is 0 Å². The van der Waals surface area contributed by atoms with Crippen molar-refractivity contribution in [2.24, 2.45) is 5.92 Å². The van der Waals surface area contributed by atoms with Crippen LogP contribution in [0.3, 0.4) is 0 Å². The average Bonchev–Trinajstić information content (AvgIpc) is 3.35. The zero-order valence-corrected chi connectivity index (χ0v) is 18.3. The van der Waals surface area contributed by atoms with Crippen LogP contribution < -0.4 is 9.96 Å². The quantitative estimate of drug-likeness (QED) is 0.309. The van der Waals surface area contributed by atoms with Gasteiger partial charge in [-0.05, 0) is 30.7 Å². The van der Waals surface area contributed by atoms with Gasteiger partial charge in [-0.2, -0.15) is 0 Å². The van der Waals surface area contributed by atoms with E-state index in [1.165, 1.54) is 47.5 Å². The van der Waals surface area contributed by atoms with Crippen LogP contribution in [-0.4, -0.2) is 27.8 Å². The maximum Gasteiger partial charge on any atom is 0.271 e. The first-order valence-electron chi connectivity index (χ1n) is 10.7. The molecule has 2 aliphatic rings. The zero-order valence-electron chi connectivity index (χ0n) is 18.3. The van der Waals surface area contributed by atoms with E-state index < -0.39 is 39.7 Å². The molecule has 0 aromatic heterocycles. The van der Waals surface area contributed by atoms with Gasteiger partial charge in [0.05, 0.1) is 27.3 Å². The molecule has 3 aromatic rings. The number of benzene rings is 3. The molecule has 5 rings (SSSR count). The minimum absolute atomic E-state index is 0.157. The lowest BCUT2D eigenvalue weighted by Gasteiger charge is -2.28. The van der Waals surface area contributed by atoms with Crippen molar-refractivity contribution in [1.29, 1.82) is 0 Å². The number of rotatable bonds is 5. The van der Waals surface area contributed by atoms with Gasteiger partial charge in [0.15, 0.2) is 6.10 Å². The number of hydrogen-bond acceptors (Lipinski definition) is 8. The number of nitro groups is 2. The first-order chi connectivity index (χ1) is 16.8. The molecule has 2 amide bonds. The molecular formula is C24H18N4O7. The maximum atomic E-state index is 13.6. The molecular weight excluding hydrogens is 456 g/mol. The molecule has 0 saturated carbocycles. The van der Waals surface area contributed by atoms with E-state index in [-0.39, 0.29) is 17.1 Å². The van der Waals surface area contributed by atoms with Crippen molar-refractivity contribution >= 4 is 34.6 Å². The largest absolute Gasteiger partial charge is 0.273 e. The number of hydrogen-bond donors (Lipinski definition) is 0. The van der Waals surface area contributed by atoms with Gasteiger partial charge in [0.2, 0.25) is 5.91 Å². The molecule has 0 radical (unpaired) electrons. The minimum atomic E-state index is -1.16. The molecule has 176 valence electrons. The highest BCUT2D eigenvalue weighted by Crippen LogP contribution is 2.48. The summed E-state index contributed by atoms with van der Waals surface area (Å²) in [4.78, 5) is 55.0. The molecule has 0 unspecified atom stereocenters. The van der Waals surface area contributed by atoms with Crippen LogP contribution in [0.5, 0.6) is 0 Å². The zero-order chi connectivity index (χ0) is 24.9. The molecule has 0 aliphatic carbocycles. The smallest absolute Gasteiger partial charge is 0.271 e. The van der Waals surface area contributed by atoms with Gasteiger partial charge >= 0.3 is 0 Å². The number of nitro benzene ring substituents is 2. The third-order valence-electron chi connectivity index (χ3n) is 6.15. The van der Waals surface area contributed by atoms with E-state index in [1.807, 2.05) is 31.2 Å². The van der Waals surface area contributed by atoms with Gasteiger partial charge in [0.1, 0.15) is 5.92 Å². The van der Waals surface area contributed by atoms with Crippen molar-refractivity contribution in [2.45, 2.75) is 19.1 Å². The Morgan fingerprint density at radius 3 is 2.09 bits per heavy atom. The van der Waals surface area contributed by atoms with Crippen molar-refractivity contribution in [3.05, 3.63) is 104 Å². The lowest BCUT2D eigenvalue weighted by molar-refractivity contribution is -0.385. The highest BCUT2D eigenvalue weighted by atomic mass is 16.7. The Morgan fingerprint density at radius 2 is 1.46 bits per heavy atom. The summed E-state index contributed by atoms with van der Waals surface area (Å²) in [6.07, 6.45) is -1.16. The van der Waals surface area contributed by atoms with E-state index in [2.05, 4.69) is 0 Å². The van der Waals surface area contributed by atoms with Crippen molar-refractivity contribution < 1.29 is 24.3 Å². The summed E-state index contributed by atoms with van der Waals surface area (Å²) >= 11 is 0. The van der Waals surface area contributed by atoms with Crippen LogP contribution in [0, 0.1) is 33.1 Å². The SMILES string of the molecule is Cc1ccc([C@@H]2[C@H]3C(=O)N(c4ccc([N+](=O)[O-])cc4)C(=O)[C@@H]3ON2c2cccc([N+](=O)[O-])c2)cc1. The van der Waals surface area contributed by atoms with Gasteiger partial charge in [-0.3, -0.25) is 34.7 Å². The third-order valence-corrected chi connectivity index (χ3v) is 6.15. The number of non-ortho nitro benzene ring substituents is 2. The highest BCUT2D eigenvalue weighted by Gasteiger charge is 2.60. The van der Waals surface area contributed by atoms with E-state index >= 15 is 0 Å². The Morgan fingerprint density at radius 1 is 0.800 bits per heavy atom. The van der Waals surface area contributed by atoms with Gasteiger partial charge in [-0.15, -0.1) is 0 Å². The summed E-state index contributed by atoms with van der Waals surface area (Å²) < 4.78 is 0. The number of carbonyl (C=O) groups excluding carboxylic acids is 2. The van der Waals surface area contributed by atoms with Gasteiger partial charge in [0.25, 0.3) is 17.3 Å². The van der Waals surface area contributed by atoms with Gasteiger partial charge < -0.3 is 0 Å². The van der Waals surface area contributed by atoms with Crippen LogP contribution in [0.15, 0.2) is 72.8 Å². The van der Waals surface area contributed by atoms with Crippen molar-refractivity contribution in [3.63, 3.8) is 0 Å². The highest BCUT2D eigenvalue weighted by molar-refractivity contribution is 6.24.